The number of aryl methyl sites for hydroxylation is 1. The van der Waals surface area contributed by atoms with Gasteiger partial charge in [-0.25, -0.2) is 0 Å². The minimum atomic E-state index is -0.279. The van der Waals surface area contributed by atoms with Gasteiger partial charge in [0, 0.05) is 6.42 Å². The summed E-state index contributed by atoms with van der Waals surface area (Å²) in [6.07, 6.45) is 3.73. The van der Waals surface area contributed by atoms with E-state index in [-0.39, 0.29) is 11.2 Å². The Kier molecular flexibility index (Phi) is 7.54. The highest BCUT2D eigenvalue weighted by molar-refractivity contribution is 7.99. The summed E-state index contributed by atoms with van der Waals surface area (Å²) < 4.78 is 5.79. The molecule has 5 heteroatoms. The highest BCUT2D eigenvalue weighted by Crippen LogP contribution is 2.18. The van der Waals surface area contributed by atoms with Crippen LogP contribution in [0.5, 0.6) is 5.75 Å². The molecule has 2 amide bonds. The summed E-state index contributed by atoms with van der Waals surface area (Å²) in [5.74, 6) is 0.551. The fourth-order valence-corrected chi connectivity index (χ4v) is 3.17. The standard InChI is InChI=1S/C20H23NO3S/c1-15-4-3-5-16(12-15)10-11-24-18-8-6-17(7-9-18)13-19(25-2)20(23)21-14-22/h3-9,12,14,19H,10-11,13H2,1-2H3,(H,21,22,23). The molecule has 0 aliphatic carbocycles. The third-order valence-electron chi connectivity index (χ3n) is 3.86. The molecule has 0 saturated carbocycles. The predicted molar refractivity (Wildman–Crippen MR) is 102 cm³/mol. The van der Waals surface area contributed by atoms with Crippen LogP contribution >= 0.6 is 11.8 Å². The van der Waals surface area contributed by atoms with Crippen LogP contribution in [0.25, 0.3) is 0 Å². The quantitative estimate of drug-likeness (QED) is 0.701. The van der Waals surface area contributed by atoms with Crippen molar-refractivity contribution < 1.29 is 14.3 Å². The Labute approximate surface area is 153 Å². The van der Waals surface area contributed by atoms with Gasteiger partial charge in [-0.2, -0.15) is 11.8 Å². The molecule has 0 bridgehead atoms. The molecule has 2 aromatic rings. The molecular formula is C20H23NO3S. The number of amides is 2. The zero-order valence-corrected chi connectivity index (χ0v) is 15.3. The van der Waals surface area contributed by atoms with Gasteiger partial charge in [-0.15, -0.1) is 0 Å². The van der Waals surface area contributed by atoms with Gasteiger partial charge in [0.2, 0.25) is 12.3 Å². The summed E-state index contributed by atoms with van der Waals surface area (Å²) in [5.41, 5.74) is 3.55. The predicted octanol–water partition coefficient (Wildman–Crippen LogP) is 3.16. The summed E-state index contributed by atoms with van der Waals surface area (Å²) in [4.78, 5) is 22.2. The van der Waals surface area contributed by atoms with Crippen LogP contribution in [0.4, 0.5) is 0 Å². The first-order chi connectivity index (χ1) is 12.1. The van der Waals surface area contributed by atoms with Crippen molar-refractivity contribution in [2.45, 2.75) is 25.0 Å². The van der Waals surface area contributed by atoms with E-state index in [1.807, 2.05) is 30.5 Å². The van der Waals surface area contributed by atoms with E-state index in [4.69, 9.17) is 4.74 Å². The third kappa shape index (κ3) is 6.27. The number of carbonyl (C=O) groups is 2. The molecule has 132 valence electrons. The van der Waals surface area contributed by atoms with Crippen LogP contribution in [0, 0.1) is 6.92 Å². The number of hydrogen-bond donors (Lipinski definition) is 1. The number of ether oxygens (including phenoxy) is 1. The lowest BCUT2D eigenvalue weighted by Crippen LogP contribution is -2.32. The Morgan fingerprint density at radius 2 is 1.96 bits per heavy atom. The molecule has 0 spiro atoms. The molecule has 0 aliphatic heterocycles. The number of imide groups is 1. The molecular weight excluding hydrogens is 334 g/mol. The molecule has 1 atom stereocenters. The number of nitrogens with one attached hydrogen (secondary N) is 1. The summed E-state index contributed by atoms with van der Waals surface area (Å²) >= 11 is 1.43. The molecule has 0 fully saturated rings. The Hall–Kier alpha value is -2.27. The van der Waals surface area contributed by atoms with E-state index in [0.29, 0.717) is 19.4 Å². The molecule has 25 heavy (non-hydrogen) atoms. The second-order valence-corrected chi connectivity index (χ2v) is 6.83. The topological polar surface area (TPSA) is 55.4 Å². The molecule has 4 nitrogen and oxygen atoms in total. The van der Waals surface area contributed by atoms with Gasteiger partial charge >= 0.3 is 0 Å². The summed E-state index contributed by atoms with van der Waals surface area (Å²) in [6.45, 7) is 2.71. The smallest absolute Gasteiger partial charge is 0.239 e. The average molecular weight is 357 g/mol. The number of carbonyl (C=O) groups excluding carboxylic acids is 2. The van der Waals surface area contributed by atoms with E-state index in [0.717, 1.165) is 17.7 Å². The van der Waals surface area contributed by atoms with Crippen molar-refractivity contribution in [2.24, 2.45) is 0 Å². The minimum Gasteiger partial charge on any atom is -0.493 e. The zero-order chi connectivity index (χ0) is 18.1. The van der Waals surface area contributed by atoms with E-state index in [1.165, 1.54) is 22.9 Å². The van der Waals surface area contributed by atoms with Gasteiger partial charge in [0.05, 0.1) is 11.9 Å². The molecule has 2 aromatic carbocycles. The van der Waals surface area contributed by atoms with Gasteiger partial charge in [-0.05, 0) is 42.9 Å². The van der Waals surface area contributed by atoms with Gasteiger partial charge in [-0.1, -0.05) is 42.0 Å². The molecule has 0 aliphatic rings. The Balaban J connectivity index is 1.84. The molecule has 0 aromatic heterocycles. The fraction of sp³-hybridized carbons (Fsp3) is 0.300. The number of benzene rings is 2. The lowest BCUT2D eigenvalue weighted by Gasteiger charge is -2.13. The number of hydrogen-bond acceptors (Lipinski definition) is 4. The Morgan fingerprint density at radius 1 is 1.20 bits per heavy atom. The van der Waals surface area contributed by atoms with Crippen LogP contribution in [-0.2, 0) is 22.4 Å². The second kappa shape index (κ2) is 9.89. The van der Waals surface area contributed by atoms with E-state index in [1.54, 1.807) is 0 Å². The van der Waals surface area contributed by atoms with Crippen LogP contribution in [0.2, 0.25) is 0 Å². The summed E-state index contributed by atoms with van der Waals surface area (Å²) in [5, 5.41) is 1.93. The van der Waals surface area contributed by atoms with Crippen molar-refractivity contribution >= 4 is 24.1 Å². The van der Waals surface area contributed by atoms with Gasteiger partial charge in [0.25, 0.3) is 0 Å². The first kappa shape index (κ1) is 19.1. The van der Waals surface area contributed by atoms with E-state index in [9.17, 15) is 9.59 Å². The maximum absolute atomic E-state index is 11.8. The lowest BCUT2D eigenvalue weighted by molar-refractivity contribution is -0.124. The van der Waals surface area contributed by atoms with Crippen molar-refractivity contribution in [1.29, 1.82) is 0 Å². The molecule has 0 radical (unpaired) electrons. The van der Waals surface area contributed by atoms with Crippen LogP contribution in [0.15, 0.2) is 48.5 Å². The molecule has 2 rings (SSSR count). The van der Waals surface area contributed by atoms with Crippen molar-refractivity contribution in [3.63, 3.8) is 0 Å². The fourth-order valence-electron chi connectivity index (χ4n) is 2.52. The van der Waals surface area contributed by atoms with Crippen LogP contribution in [0.1, 0.15) is 16.7 Å². The van der Waals surface area contributed by atoms with Gasteiger partial charge in [0.1, 0.15) is 5.75 Å². The zero-order valence-electron chi connectivity index (χ0n) is 14.5. The van der Waals surface area contributed by atoms with Gasteiger partial charge in [0.15, 0.2) is 0 Å². The molecule has 0 heterocycles. The molecule has 0 saturated heterocycles. The van der Waals surface area contributed by atoms with Crippen molar-refractivity contribution in [1.82, 2.24) is 5.32 Å². The highest BCUT2D eigenvalue weighted by Gasteiger charge is 2.17. The van der Waals surface area contributed by atoms with Crippen LogP contribution < -0.4 is 10.1 Å². The number of rotatable bonds is 9. The first-order valence-corrected chi connectivity index (χ1v) is 9.45. The first-order valence-electron chi connectivity index (χ1n) is 8.16. The van der Waals surface area contributed by atoms with Crippen molar-refractivity contribution in [2.75, 3.05) is 12.9 Å². The Bertz CT molecular complexity index is 700. The Morgan fingerprint density at radius 3 is 2.60 bits per heavy atom. The van der Waals surface area contributed by atoms with Crippen molar-refractivity contribution in [3.8, 4) is 5.75 Å². The second-order valence-electron chi connectivity index (χ2n) is 5.79. The lowest BCUT2D eigenvalue weighted by atomic mass is 10.1. The monoisotopic (exact) mass is 357 g/mol. The van der Waals surface area contributed by atoms with E-state index in [2.05, 4.69) is 36.5 Å². The van der Waals surface area contributed by atoms with E-state index < -0.39 is 0 Å². The van der Waals surface area contributed by atoms with Crippen molar-refractivity contribution in [3.05, 3.63) is 65.2 Å². The highest BCUT2D eigenvalue weighted by atomic mass is 32.2. The van der Waals surface area contributed by atoms with E-state index >= 15 is 0 Å². The normalized spacial score (nSPS) is 11.6. The molecule has 1 N–H and O–H groups in total. The van der Waals surface area contributed by atoms with Gasteiger partial charge in [-0.3, -0.25) is 14.9 Å². The summed E-state index contributed by atoms with van der Waals surface area (Å²) in [7, 11) is 0. The largest absolute Gasteiger partial charge is 0.493 e. The number of thioether (sulfide) groups is 1. The van der Waals surface area contributed by atoms with Gasteiger partial charge < -0.3 is 4.74 Å². The molecule has 1 unspecified atom stereocenters. The average Bonchev–Trinajstić information content (AvgIpc) is 2.61. The third-order valence-corrected chi connectivity index (χ3v) is 4.81. The maximum atomic E-state index is 11.8. The SMILES string of the molecule is CSC(Cc1ccc(OCCc2cccc(C)c2)cc1)C(=O)NC=O. The summed E-state index contributed by atoms with van der Waals surface area (Å²) in [6, 6.07) is 16.2. The minimum absolute atomic E-state index is 0.263. The maximum Gasteiger partial charge on any atom is 0.239 e. The van der Waals surface area contributed by atoms with Crippen LogP contribution in [-0.4, -0.2) is 30.4 Å². The van der Waals surface area contributed by atoms with Crippen LogP contribution in [0.3, 0.4) is 0 Å².